The molecule has 0 aliphatic rings. The van der Waals surface area contributed by atoms with E-state index in [4.69, 9.17) is 9.47 Å². The van der Waals surface area contributed by atoms with E-state index in [0.29, 0.717) is 25.7 Å². The van der Waals surface area contributed by atoms with Crippen LogP contribution in [-0.4, -0.2) is 47.3 Å². The lowest BCUT2D eigenvalue weighted by molar-refractivity contribution is -0.147. The molecule has 0 aromatic rings. The van der Waals surface area contributed by atoms with E-state index in [1.165, 1.54) is 0 Å². The number of carbonyl (C=O) groups is 4. The number of carboxylic acid groups (broad SMARTS) is 2. The van der Waals surface area contributed by atoms with Gasteiger partial charge in [0.05, 0.1) is 25.0 Å². The summed E-state index contributed by atoms with van der Waals surface area (Å²) >= 11 is 0. The van der Waals surface area contributed by atoms with Gasteiger partial charge in [-0.05, 0) is 39.5 Å². The molecule has 0 fully saturated rings. The van der Waals surface area contributed by atoms with E-state index in [-0.39, 0.29) is 50.8 Å². The summed E-state index contributed by atoms with van der Waals surface area (Å²) in [6, 6.07) is 0. The zero-order chi connectivity index (χ0) is 21.4. The summed E-state index contributed by atoms with van der Waals surface area (Å²) in [6.45, 7) is 3.98. The van der Waals surface area contributed by atoms with Gasteiger partial charge in [0.1, 0.15) is 0 Å². The number of aliphatic carboxylic acids is 2. The molecule has 0 spiro atoms. The van der Waals surface area contributed by atoms with Gasteiger partial charge in [0.15, 0.2) is 0 Å². The third-order valence-electron chi connectivity index (χ3n) is 4.56. The second-order valence-electron chi connectivity index (χ2n) is 6.75. The van der Waals surface area contributed by atoms with Gasteiger partial charge in [0.25, 0.3) is 0 Å². The van der Waals surface area contributed by atoms with Crippen molar-refractivity contribution in [3.05, 3.63) is 0 Å². The fourth-order valence-corrected chi connectivity index (χ4v) is 2.97. The Morgan fingerprint density at radius 2 is 1.00 bits per heavy atom. The van der Waals surface area contributed by atoms with Crippen LogP contribution >= 0.6 is 0 Å². The number of carboxylic acids is 2. The van der Waals surface area contributed by atoms with E-state index in [0.717, 1.165) is 12.8 Å². The predicted molar refractivity (Wildman–Crippen MR) is 102 cm³/mol. The van der Waals surface area contributed by atoms with E-state index >= 15 is 0 Å². The van der Waals surface area contributed by atoms with Crippen molar-refractivity contribution in [1.29, 1.82) is 0 Å². The lowest BCUT2D eigenvalue weighted by Gasteiger charge is -2.13. The highest BCUT2D eigenvalue weighted by Gasteiger charge is 2.20. The minimum absolute atomic E-state index is 0.103. The van der Waals surface area contributed by atoms with Crippen LogP contribution in [0.3, 0.4) is 0 Å². The number of carbonyl (C=O) groups excluding carboxylic acids is 2. The van der Waals surface area contributed by atoms with Crippen molar-refractivity contribution < 1.29 is 38.9 Å². The highest BCUT2D eigenvalue weighted by Crippen LogP contribution is 2.20. The molecule has 0 saturated heterocycles. The van der Waals surface area contributed by atoms with Crippen LogP contribution in [0.2, 0.25) is 0 Å². The molecule has 0 aliphatic heterocycles. The predicted octanol–water partition coefficient (Wildman–Crippen LogP) is 3.42. The van der Waals surface area contributed by atoms with E-state index in [2.05, 4.69) is 0 Å². The molecule has 0 bridgehead atoms. The van der Waals surface area contributed by atoms with Gasteiger partial charge in [-0.2, -0.15) is 0 Å². The van der Waals surface area contributed by atoms with Crippen LogP contribution in [0.25, 0.3) is 0 Å². The molecule has 0 saturated carbocycles. The van der Waals surface area contributed by atoms with Crippen molar-refractivity contribution >= 4 is 23.9 Å². The smallest absolute Gasteiger partial charge is 0.306 e. The first-order valence-corrected chi connectivity index (χ1v) is 10.1. The van der Waals surface area contributed by atoms with Gasteiger partial charge in [-0.3, -0.25) is 19.2 Å². The summed E-state index contributed by atoms with van der Waals surface area (Å²) in [7, 11) is 0. The Balaban J connectivity index is 4.03. The molecule has 0 amide bonds. The van der Waals surface area contributed by atoms with Crippen molar-refractivity contribution in [2.24, 2.45) is 11.8 Å². The van der Waals surface area contributed by atoms with Crippen molar-refractivity contribution in [2.75, 3.05) is 13.2 Å². The molecular formula is C20H34O8. The Morgan fingerprint density at radius 1 is 0.643 bits per heavy atom. The molecule has 162 valence electrons. The van der Waals surface area contributed by atoms with Crippen molar-refractivity contribution in [1.82, 2.24) is 0 Å². The first-order chi connectivity index (χ1) is 13.3. The fourth-order valence-electron chi connectivity index (χ4n) is 2.97. The van der Waals surface area contributed by atoms with Gasteiger partial charge in [-0.15, -0.1) is 0 Å². The highest BCUT2D eigenvalue weighted by atomic mass is 16.5. The number of ether oxygens (including phenoxy) is 2. The summed E-state index contributed by atoms with van der Waals surface area (Å²) in [5.41, 5.74) is 0. The molecule has 0 rings (SSSR count). The third-order valence-corrected chi connectivity index (χ3v) is 4.56. The minimum atomic E-state index is -0.908. The topological polar surface area (TPSA) is 127 Å². The maximum atomic E-state index is 11.3. The molecule has 8 nitrogen and oxygen atoms in total. The van der Waals surface area contributed by atoms with Crippen LogP contribution in [-0.2, 0) is 28.7 Å². The van der Waals surface area contributed by atoms with E-state index in [1.54, 1.807) is 13.8 Å². The second-order valence-corrected chi connectivity index (χ2v) is 6.75. The number of esters is 2. The molecule has 0 aromatic heterocycles. The van der Waals surface area contributed by atoms with Crippen LogP contribution < -0.4 is 0 Å². The summed E-state index contributed by atoms with van der Waals surface area (Å²) < 4.78 is 9.62. The molecule has 0 aromatic carbocycles. The van der Waals surface area contributed by atoms with Gasteiger partial charge in [-0.25, -0.2) is 0 Å². The van der Waals surface area contributed by atoms with Crippen LogP contribution in [0.1, 0.15) is 78.1 Å². The maximum Gasteiger partial charge on any atom is 0.306 e. The zero-order valence-corrected chi connectivity index (χ0v) is 17.0. The van der Waals surface area contributed by atoms with Gasteiger partial charge in [-0.1, -0.05) is 25.7 Å². The van der Waals surface area contributed by atoms with Crippen LogP contribution in [0.4, 0.5) is 0 Å². The second kappa shape index (κ2) is 15.9. The monoisotopic (exact) mass is 402 g/mol. The van der Waals surface area contributed by atoms with E-state index < -0.39 is 23.8 Å². The number of hydrogen-bond donors (Lipinski definition) is 2. The Morgan fingerprint density at radius 3 is 1.29 bits per heavy atom. The molecule has 0 radical (unpaired) electrons. The summed E-state index contributed by atoms with van der Waals surface area (Å²) in [4.78, 5) is 45.2. The van der Waals surface area contributed by atoms with Crippen LogP contribution in [0.15, 0.2) is 0 Å². The molecular weight excluding hydrogens is 368 g/mol. The molecule has 2 N–H and O–H groups in total. The molecule has 0 heterocycles. The van der Waals surface area contributed by atoms with Gasteiger partial charge < -0.3 is 19.7 Å². The molecule has 2 atom stereocenters. The third kappa shape index (κ3) is 13.1. The van der Waals surface area contributed by atoms with E-state index in [1.807, 2.05) is 0 Å². The highest BCUT2D eigenvalue weighted by molar-refractivity contribution is 5.73. The Hall–Kier alpha value is -2.12. The van der Waals surface area contributed by atoms with Gasteiger partial charge in [0.2, 0.25) is 0 Å². The van der Waals surface area contributed by atoms with Crippen molar-refractivity contribution in [3.8, 4) is 0 Å². The summed E-state index contributed by atoms with van der Waals surface area (Å²) in [6.07, 6.45) is 4.73. The fraction of sp³-hybridized carbons (Fsp3) is 0.800. The first-order valence-electron chi connectivity index (χ1n) is 10.1. The normalized spacial score (nSPS) is 12.8. The summed E-state index contributed by atoms with van der Waals surface area (Å²) in [5.74, 6) is -3.71. The number of rotatable bonds is 17. The first kappa shape index (κ1) is 25.9. The van der Waals surface area contributed by atoms with Crippen molar-refractivity contribution in [2.45, 2.75) is 78.1 Å². The minimum Gasteiger partial charge on any atom is -0.481 e. The lowest BCUT2D eigenvalue weighted by atomic mass is 9.93. The molecule has 28 heavy (non-hydrogen) atoms. The lowest BCUT2D eigenvalue weighted by Crippen LogP contribution is -2.16. The van der Waals surface area contributed by atoms with E-state index in [9.17, 15) is 29.4 Å². The van der Waals surface area contributed by atoms with Crippen LogP contribution in [0.5, 0.6) is 0 Å². The van der Waals surface area contributed by atoms with Crippen molar-refractivity contribution in [3.63, 3.8) is 0 Å². The van der Waals surface area contributed by atoms with Crippen LogP contribution in [0, 0.1) is 11.8 Å². The Kier molecular flexibility index (Phi) is 14.7. The summed E-state index contributed by atoms with van der Waals surface area (Å²) in [5, 5.41) is 18.5. The SMILES string of the molecule is CCOC(=O)CCC(CCCCCCC(CCC(=O)OCC)C(=O)O)C(=O)O. The zero-order valence-electron chi connectivity index (χ0n) is 17.0. The average molecular weight is 402 g/mol. The quantitative estimate of drug-likeness (QED) is 0.280. The maximum absolute atomic E-state index is 11.3. The average Bonchev–Trinajstić information content (AvgIpc) is 2.62. The Bertz CT molecular complexity index is 445. The number of hydrogen-bond acceptors (Lipinski definition) is 6. The molecule has 2 unspecified atom stereocenters. The number of unbranched alkanes of at least 4 members (excludes halogenated alkanes) is 3. The molecule has 8 heteroatoms. The standard InChI is InChI=1S/C20H34O8/c1-3-27-17(21)13-11-15(19(23)24)9-7-5-6-8-10-16(20(25)26)12-14-18(22)28-4-2/h15-16H,3-14H2,1-2H3,(H,23,24)(H,25,26). The van der Waals surface area contributed by atoms with Gasteiger partial charge in [0, 0.05) is 12.8 Å². The Labute approximate surface area is 166 Å². The van der Waals surface area contributed by atoms with Gasteiger partial charge >= 0.3 is 23.9 Å². The largest absolute Gasteiger partial charge is 0.481 e. The molecule has 0 aliphatic carbocycles.